The number of ketones is 1. The molecule has 0 saturated carbocycles. The van der Waals surface area contributed by atoms with Gasteiger partial charge >= 0.3 is 11.9 Å². The van der Waals surface area contributed by atoms with Crippen molar-refractivity contribution in [3.63, 3.8) is 0 Å². The lowest BCUT2D eigenvalue weighted by Gasteiger charge is -2.23. The lowest BCUT2D eigenvalue weighted by molar-refractivity contribution is -0.387. The molecule has 0 radical (unpaired) electrons. The standard InChI is InChI=1S/C19H15F3N2O5/c1-10-15(11-5-3-6-12(9-11)19(20,21)22)17(25)18(23,29-10)13-7-4-8-14(28-2)16(13)24(26)27/h3-9H,23H2,1-2H3. The van der Waals surface area contributed by atoms with Crippen molar-refractivity contribution in [2.75, 3.05) is 7.11 Å². The van der Waals surface area contributed by atoms with Gasteiger partial charge in [-0.2, -0.15) is 13.2 Å². The fourth-order valence-electron chi connectivity index (χ4n) is 3.22. The minimum absolute atomic E-state index is 0.0473. The molecule has 0 bridgehead atoms. The smallest absolute Gasteiger partial charge is 0.416 e. The van der Waals surface area contributed by atoms with Gasteiger partial charge in [-0.15, -0.1) is 0 Å². The zero-order valence-corrected chi connectivity index (χ0v) is 15.2. The molecular weight excluding hydrogens is 393 g/mol. The molecule has 2 aromatic rings. The van der Waals surface area contributed by atoms with Gasteiger partial charge in [0, 0.05) is 0 Å². The Morgan fingerprint density at radius 3 is 2.45 bits per heavy atom. The number of carbonyl (C=O) groups is 1. The number of carbonyl (C=O) groups excluding carboxylic acids is 1. The number of methoxy groups -OCH3 is 1. The van der Waals surface area contributed by atoms with Crippen LogP contribution in [0.15, 0.2) is 48.2 Å². The fourth-order valence-corrected chi connectivity index (χ4v) is 3.22. The summed E-state index contributed by atoms with van der Waals surface area (Å²) in [7, 11) is 1.21. The molecule has 0 saturated heterocycles. The van der Waals surface area contributed by atoms with Crippen molar-refractivity contribution in [1.82, 2.24) is 0 Å². The third kappa shape index (κ3) is 3.31. The molecule has 10 heteroatoms. The van der Waals surface area contributed by atoms with Crippen LogP contribution in [0, 0.1) is 10.1 Å². The molecular formula is C19H15F3N2O5. The molecule has 1 aliphatic rings. The summed E-state index contributed by atoms with van der Waals surface area (Å²) in [5.41, 5.74) is 1.82. The first-order chi connectivity index (χ1) is 13.5. The summed E-state index contributed by atoms with van der Waals surface area (Å²) in [5, 5.41) is 11.6. The van der Waals surface area contributed by atoms with Gasteiger partial charge in [-0.3, -0.25) is 20.6 Å². The van der Waals surface area contributed by atoms with E-state index in [9.17, 15) is 28.1 Å². The summed E-state index contributed by atoms with van der Waals surface area (Å²) in [6.45, 7) is 1.36. The highest BCUT2D eigenvalue weighted by atomic mass is 19.4. The molecule has 0 fully saturated rings. The van der Waals surface area contributed by atoms with E-state index in [-0.39, 0.29) is 28.2 Å². The lowest BCUT2D eigenvalue weighted by atomic mass is 9.90. The van der Waals surface area contributed by atoms with Gasteiger partial charge in [-0.1, -0.05) is 18.2 Å². The number of nitrogens with two attached hydrogens (primary N) is 1. The first-order valence-electron chi connectivity index (χ1n) is 8.23. The van der Waals surface area contributed by atoms with Gasteiger partial charge in [0.15, 0.2) is 5.75 Å². The highest BCUT2D eigenvalue weighted by molar-refractivity contribution is 6.27. The number of alkyl halides is 3. The number of hydrogen-bond acceptors (Lipinski definition) is 6. The predicted octanol–water partition coefficient (Wildman–Crippen LogP) is 3.76. The van der Waals surface area contributed by atoms with E-state index in [1.807, 2.05) is 0 Å². The Hall–Kier alpha value is -3.40. The molecule has 7 nitrogen and oxygen atoms in total. The molecule has 1 heterocycles. The maximum atomic E-state index is 13.1. The number of nitro benzene ring substituents is 1. The Labute approximate surface area is 162 Å². The van der Waals surface area contributed by atoms with Gasteiger partial charge < -0.3 is 9.47 Å². The largest absolute Gasteiger partial charge is 0.490 e. The molecule has 29 heavy (non-hydrogen) atoms. The number of rotatable bonds is 4. The van der Waals surface area contributed by atoms with E-state index in [0.717, 1.165) is 18.2 Å². The van der Waals surface area contributed by atoms with Crippen molar-refractivity contribution in [2.24, 2.45) is 5.73 Å². The number of allylic oxidation sites excluding steroid dienone is 1. The van der Waals surface area contributed by atoms with E-state index >= 15 is 0 Å². The van der Waals surface area contributed by atoms with Gasteiger partial charge in [-0.05, 0) is 36.8 Å². The maximum absolute atomic E-state index is 13.1. The zero-order chi connectivity index (χ0) is 21.6. The molecule has 152 valence electrons. The zero-order valence-electron chi connectivity index (χ0n) is 15.2. The molecule has 1 atom stereocenters. The molecule has 1 aliphatic heterocycles. The van der Waals surface area contributed by atoms with E-state index in [0.29, 0.717) is 0 Å². The number of para-hydroxylation sites is 1. The SMILES string of the molecule is COc1cccc(C2(N)OC(C)=C(c3cccc(C(F)(F)F)c3)C2=O)c1[N+](=O)[O-]. The second kappa shape index (κ2) is 6.89. The summed E-state index contributed by atoms with van der Waals surface area (Å²) in [5.74, 6) is -1.08. The Kier molecular flexibility index (Phi) is 4.83. The molecule has 0 aromatic heterocycles. The number of ether oxygens (including phenoxy) is 2. The molecule has 3 rings (SSSR count). The lowest BCUT2D eigenvalue weighted by Crippen LogP contribution is -2.44. The van der Waals surface area contributed by atoms with Crippen LogP contribution in [0.2, 0.25) is 0 Å². The Balaban J connectivity index is 2.13. The first-order valence-corrected chi connectivity index (χ1v) is 8.23. The van der Waals surface area contributed by atoms with Crippen LogP contribution < -0.4 is 10.5 Å². The van der Waals surface area contributed by atoms with Gasteiger partial charge in [0.25, 0.3) is 5.72 Å². The van der Waals surface area contributed by atoms with E-state index in [1.165, 1.54) is 38.3 Å². The summed E-state index contributed by atoms with van der Waals surface area (Å²) in [6.07, 6.45) is -4.61. The third-order valence-corrected chi connectivity index (χ3v) is 4.51. The van der Waals surface area contributed by atoms with Crippen molar-refractivity contribution in [2.45, 2.75) is 18.8 Å². The number of halogens is 3. The predicted molar refractivity (Wildman–Crippen MR) is 95.6 cm³/mol. The van der Waals surface area contributed by atoms with Crippen LogP contribution in [-0.2, 0) is 21.4 Å². The third-order valence-electron chi connectivity index (χ3n) is 4.51. The van der Waals surface area contributed by atoms with E-state index in [4.69, 9.17) is 15.2 Å². The summed E-state index contributed by atoms with van der Waals surface area (Å²) in [4.78, 5) is 23.9. The molecule has 1 unspecified atom stereocenters. The van der Waals surface area contributed by atoms with Crippen molar-refractivity contribution < 1.29 is 32.4 Å². The molecule has 0 amide bonds. The number of benzene rings is 2. The summed E-state index contributed by atoms with van der Waals surface area (Å²) >= 11 is 0. The maximum Gasteiger partial charge on any atom is 0.416 e. The van der Waals surface area contributed by atoms with Crippen LogP contribution in [-0.4, -0.2) is 17.8 Å². The Morgan fingerprint density at radius 2 is 1.86 bits per heavy atom. The second-order valence-corrected chi connectivity index (χ2v) is 6.29. The minimum Gasteiger partial charge on any atom is -0.490 e. The van der Waals surface area contributed by atoms with E-state index in [2.05, 4.69) is 0 Å². The molecule has 2 aromatic carbocycles. The monoisotopic (exact) mass is 408 g/mol. The van der Waals surface area contributed by atoms with Crippen molar-refractivity contribution in [3.05, 3.63) is 75.0 Å². The van der Waals surface area contributed by atoms with Gasteiger partial charge in [0.1, 0.15) is 11.3 Å². The van der Waals surface area contributed by atoms with Crippen molar-refractivity contribution >= 4 is 17.0 Å². The van der Waals surface area contributed by atoms with Gasteiger partial charge in [0.05, 0.1) is 23.2 Å². The Morgan fingerprint density at radius 1 is 1.21 bits per heavy atom. The second-order valence-electron chi connectivity index (χ2n) is 6.29. The van der Waals surface area contributed by atoms with Crippen LogP contribution >= 0.6 is 0 Å². The van der Waals surface area contributed by atoms with Crippen molar-refractivity contribution in [3.8, 4) is 5.75 Å². The molecule has 0 spiro atoms. The van der Waals surface area contributed by atoms with Crippen LogP contribution in [0.3, 0.4) is 0 Å². The number of nitrogens with zero attached hydrogens (tertiary/aromatic N) is 1. The van der Waals surface area contributed by atoms with E-state index < -0.39 is 33.9 Å². The van der Waals surface area contributed by atoms with Gasteiger partial charge in [0.2, 0.25) is 5.78 Å². The number of Topliss-reactive ketones (excluding diaryl/α,β-unsaturated/α-hetero) is 1. The average molecular weight is 408 g/mol. The normalized spacial score (nSPS) is 19.3. The van der Waals surface area contributed by atoms with Gasteiger partial charge in [-0.25, -0.2) is 0 Å². The fraction of sp³-hybridized carbons (Fsp3) is 0.211. The van der Waals surface area contributed by atoms with Crippen LogP contribution in [0.25, 0.3) is 5.57 Å². The molecule has 0 aliphatic carbocycles. The van der Waals surface area contributed by atoms with E-state index in [1.54, 1.807) is 0 Å². The average Bonchev–Trinajstić information content (AvgIpc) is 2.89. The minimum atomic E-state index is -4.61. The van der Waals surface area contributed by atoms with Crippen LogP contribution in [0.4, 0.5) is 18.9 Å². The first kappa shape index (κ1) is 20.3. The van der Waals surface area contributed by atoms with Crippen LogP contribution in [0.1, 0.15) is 23.6 Å². The highest BCUT2D eigenvalue weighted by Gasteiger charge is 2.51. The Bertz CT molecular complexity index is 1050. The number of hydrogen-bond donors (Lipinski definition) is 1. The van der Waals surface area contributed by atoms with Crippen molar-refractivity contribution in [1.29, 1.82) is 0 Å². The number of nitro groups is 1. The van der Waals surface area contributed by atoms with Crippen LogP contribution in [0.5, 0.6) is 5.75 Å². The summed E-state index contributed by atoms with van der Waals surface area (Å²) < 4.78 is 49.6. The summed E-state index contributed by atoms with van der Waals surface area (Å²) in [6, 6.07) is 8.06. The quantitative estimate of drug-likeness (QED) is 0.610. The topological polar surface area (TPSA) is 105 Å². The molecule has 2 N–H and O–H groups in total. The highest BCUT2D eigenvalue weighted by Crippen LogP contribution is 2.45.